The van der Waals surface area contributed by atoms with Crippen LogP contribution < -0.4 is 10.5 Å². The Morgan fingerprint density at radius 1 is 1.10 bits per heavy atom. The van der Waals surface area contributed by atoms with Gasteiger partial charge < -0.3 is 10.5 Å². The minimum atomic E-state index is 0.576. The number of methoxy groups -OCH3 is 1. The first-order chi connectivity index (χ1) is 10.2. The lowest BCUT2D eigenvalue weighted by Crippen LogP contribution is -2.01. The van der Waals surface area contributed by atoms with Crippen LogP contribution in [0.4, 0.5) is 5.82 Å². The molecular weight excluding hydrogens is 264 g/mol. The summed E-state index contributed by atoms with van der Waals surface area (Å²) in [6, 6.07) is 13.6. The molecule has 2 heterocycles. The third-order valence-electron chi connectivity index (χ3n) is 3.39. The molecule has 5 heteroatoms. The molecule has 21 heavy (non-hydrogen) atoms. The molecular formula is C16H16N4O. The molecule has 0 saturated carbocycles. The van der Waals surface area contributed by atoms with Gasteiger partial charge in [0.25, 0.3) is 0 Å². The maximum absolute atomic E-state index is 6.18. The lowest BCUT2D eigenvalue weighted by Gasteiger charge is -2.02. The Bertz CT molecular complexity index is 748. The van der Waals surface area contributed by atoms with E-state index in [0.717, 1.165) is 22.5 Å². The summed E-state index contributed by atoms with van der Waals surface area (Å²) >= 11 is 0. The number of nitrogen functional groups attached to an aromatic ring is 1. The van der Waals surface area contributed by atoms with Crippen LogP contribution in [0.15, 0.2) is 48.7 Å². The normalized spacial score (nSPS) is 10.6. The zero-order valence-corrected chi connectivity index (χ0v) is 11.9. The van der Waals surface area contributed by atoms with Crippen molar-refractivity contribution < 1.29 is 4.74 Å². The van der Waals surface area contributed by atoms with E-state index in [1.807, 2.05) is 49.4 Å². The molecule has 0 atom stereocenters. The molecule has 3 rings (SSSR count). The maximum atomic E-state index is 6.18. The third kappa shape index (κ3) is 2.33. The van der Waals surface area contributed by atoms with Crippen molar-refractivity contribution in [1.29, 1.82) is 0 Å². The Kier molecular flexibility index (Phi) is 3.31. The molecule has 0 fully saturated rings. The predicted molar refractivity (Wildman–Crippen MR) is 82.5 cm³/mol. The fourth-order valence-electron chi connectivity index (χ4n) is 2.19. The smallest absolute Gasteiger partial charge is 0.212 e. The zero-order valence-electron chi connectivity index (χ0n) is 11.9. The predicted octanol–water partition coefficient (Wildman–Crippen LogP) is 2.83. The largest absolute Gasteiger partial charge is 0.481 e. The summed E-state index contributed by atoms with van der Waals surface area (Å²) < 4.78 is 6.82. The van der Waals surface area contributed by atoms with Gasteiger partial charge in [-0.1, -0.05) is 18.2 Å². The molecule has 3 aromatic rings. The second-order valence-electron chi connectivity index (χ2n) is 4.70. The van der Waals surface area contributed by atoms with Crippen molar-refractivity contribution in [2.24, 2.45) is 0 Å². The lowest BCUT2D eigenvalue weighted by atomic mass is 10.1. The van der Waals surface area contributed by atoms with Crippen molar-refractivity contribution in [2.75, 3.05) is 12.8 Å². The number of para-hydroxylation sites is 1. The minimum Gasteiger partial charge on any atom is -0.481 e. The van der Waals surface area contributed by atoms with Gasteiger partial charge in [-0.25, -0.2) is 9.67 Å². The first-order valence-corrected chi connectivity index (χ1v) is 6.61. The number of hydrogen-bond donors (Lipinski definition) is 1. The summed E-state index contributed by atoms with van der Waals surface area (Å²) in [6.45, 7) is 1.96. The van der Waals surface area contributed by atoms with Crippen molar-refractivity contribution in [1.82, 2.24) is 14.8 Å². The molecule has 5 nitrogen and oxygen atoms in total. The zero-order chi connectivity index (χ0) is 14.8. The summed E-state index contributed by atoms with van der Waals surface area (Å²) in [5.41, 5.74) is 9.79. The molecule has 0 amide bonds. The highest BCUT2D eigenvalue weighted by molar-refractivity contribution is 5.68. The van der Waals surface area contributed by atoms with Gasteiger partial charge in [-0.3, -0.25) is 0 Å². The van der Waals surface area contributed by atoms with Crippen LogP contribution in [0.3, 0.4) is 0 Å². The molecule has 0 aliphatic heterocycles. The molecule has 0 bridgehead atoms. The number of benzene rings is 1. The molecule has 106 valence electrons. The van der Waals surface area contributed by atoms with E-state index in [0.29, 0.717) is 11.7 Å². The van der Waals surface area contributed by atoms with Crippen molar-refractivity contribution in [3.05, 3.63) is 54.2 Å². The van der Waals surface area contributed by atoms with Gasteiger partial charge in [0.2, 0.25) is 5.88 Å². The van der Waals surface area contributed by atoms with Crippen LogP contribution in [0, 0.1) is 6.92 Å². The monoisotopic (exact) mass is 280 g/mol. The van der Waals surface area contributed by atoms with Crippen LogP contribution in [-0.2, 0) is 0 Å². The minimum absolute atomic E-state index is 0.576. The van der Waals surface area contributed by atoms with E-state index in [4.69, 9.17) is 10.5 Å². The second kappa shape index (κ2) is 5.28. The molecule has 2 N–H and O–H groups in total. The standard InChI is InChI=1S/C16H16N4O/c1-11-15(12-8-9-14(21-2)18-10-12)19-20(16(11)17)13-6-4-3-5-7-13/h3-10H,17H2,1-2H3. The van der Waals surface area contributed by atoms with E-state index >= 15 is 0 Å². The number of aromatic nitrogens is 3. The van der Waals surface area contributed by atoms with Crippen LogP contribution in [0.5, 0.6) is 5.88 Å². The van der Waals surface area contributed by atoms with E-state index in [1.165, 1.54) is 0 Å². The van der Waals surface area contributed by atoms with E-state index in [2.05, 4.69) is 10.1 Å². The van der Waals surface area contributed by atoms with Crippen molar-refractivity contribution >= 4 is 5.82 Å². The third-order valence-corrected chi connectivity index (χ3v) is 3.39. The van der Waals surface area contributed by atoms with Gasteiger partial charge in [-0.05, 0) is 25.1 Å². The molecule has 0 spiro atoms. The van der Waals surface area contributed by atoms with Crippen LogP contribution in [0.25, 0.3) is 16.9 Å². The van der Waals surface area contributed by atoms with Crippen molar-refractivity contribution in [3.63, 3.8) is 0 Å². The Morgan fingerprint density at radius 3 is 2.48 bits per heavy atom. The number of hydrogen-bond acceptors (Lipinski definition) is 4. The summed E-state index contributed by atoms with van der Waals surface area (Å²) in [6.07, 6.45) is 1.74. The van der Waals surface area contributed by atoms with Gasteiger partial charge in [-0.2, -0.15) is 5.10 Å². The quantitative estimate of drug-likeness (QED) is 0.801. The van der Waals surface area contributed by atoms with E-state index in [9.17, 15) is 0 Å². The molecule has 0 aliphatic rings. The highest BCUT2D eigenvalue weighted by Gasteiger charge is 2.14. The van der Waals surface area contributed by atoms with E-state index in [-0.39, 0.29) is 0 Å². The van der Waals surface area contributed by atoms with Crippen molar-refractivity contribution in [2.45, 2.75) is 6.92 Å². The molecule has 0 aliphatic carbocycles. The van der Waals surface area contributed by atoms with Crippen molar-refractivity contribution in [3.8, 4) is 22.8 Å². The molecule has 2 aromatic heterocycles. The first kappa shape index (κ1) is 13.2. The van der Waals surface area contributed by atoms with Crippen LogP contribution in [0.2, 0.25) is 0 Å². The maximum Gasteiger partial charge on any atom is 0.212 e. The Morgan fingerprint density at radius 2 is 1.86 bits per heavy atom. The van der Waals surface area contributed by atoms with Gasteiger partial charge in [0.15, 0.2) is 0 Å². The number of pyridine rings is 1. The topological polar surface area (TPSA) is 66.0 Å². The summed E-state index contributed by atoms with van der Waals surface area (Å²) in [4.78, 5) is 4.21. The number of nitrogens with two attached hydrogens (primary N) is 1. The first-order valence-electron chi connectivity index (χ1n) is 6.61. The Balaban J connectivity index is 2.08. The second-order valence-corrected chi connectivity index (χ2v) is 4.70. The van der Waals surface area contributed by atoms with Gasteiger partial charge >= 0.3 is 0 Å². The summed E-state index contributed by atoms with van der Waals surface area (Å²) in [5.74, 6) is 1.21. The fraction of sp³-hybridized carbons (Fsp3) is 0.125. The van der Waals surface area contributed by atoms with E-state index in [1.54, 1.807) is 18.0 Å². The van der Waals surface area contributed by atoms with Crippen LogP contribution in [0.1, 0.15) is 5.56 Å². The van der Waals surface area contributed by atoms with E-state index < -0.39 is 0 Å². The Labute approximate surface area is 123 Å². The molecule has 0 saturated heterocycles. The molecule has 0 unspecified atom stereocenters. The highest BCUT2D eigenvalue weighted by Crippen LogP contribution is 2.28. The number of anilines is 1. The Hall–Kier alpha value is -2.82. The summed E-state index contributed by atoms with van der Waals surface area (Å²) in [7, 11) is 1.59. The van der Waals surface area contributed by atoms with Gasteiger partial charge in [0, 0.05) is 23.4 Å². The number of rotatable bonds is 3. The SMILES string of the molecule is COc1ccc(-c2nn(-c3ccccc3)c(N)c2C)cn1. The van der Waals surface area contributed by atoms with Crippen LogP contribution >= 0.6 is 0 Å². The van der Waals surface area contributed by atoms with Gasteiger partial charge in [0.05, 0.1) is 18.5 Å². The number of ether oxygens (including phenoxy) is 1. The molecule has 1 aromatic carbocycles. The highest BCUT2D eigenvalue weighted by atomic mass is 16.5. The van der Waals surface area contributed by atoms with Gasteiger partial charge in [-0.15, -0.1) is 0 Å². The average molecular weight is 280 g/mol. The summed E-state index contributed by atoms with van der Waals surface area (Å²) in [5, 5.41) is 4.62. The van der Waals surface area contributed by atoms with Gasteiger partial charge in [0.1, 0.15) is 5.82 Å². The fourth-order valence-corrected chi connectivity index (χ4v) is 2.19. The van der Waals surface area contributed by atoms with Crippen LogP contribution in [-0.4, -0.2) is 21.9 Å². The number of nitrogens with zero attached hydrogens (tertiary/aromatic N) is 3. The molecule has 0 radical (unpaired) electrons. The average Bonchev–Trinajstić information content (AvgIpc) is 2.84. The lowest BCUT2D eigenvalue weighted by molar-refractivity contribution is 0.398.